The molecule has 18 heavy (non-hydrogen) atoms. The molecular formula is C14H15F2NS. The average Bonchev–Trinajstić information content (AvgIpc) is 2.76. The zero-order valence-corrected chi connectivity index (χ0v) is 11.2. The van der Waals surface area contributed by atoms with Gasteiger partial charge in [-0.05, 0) is 53.6 Å². The molecule has 1 unspecified atom stereocenters. The highest BCUT2D eigenvalue weighted by Crippen LogP contribution is 2.29. The zero-order valence-electron chi connectivity index (χ0n) is 10.3. The summed E-state index contributed by atoms with van der Waals surface area (Å²) in [7, 11) is 0. The molecule has 1 aromatic heterocycles. The Hall–Kier alpha value is -1.26. The highest BCUT2D eigenvalue weighted by molar-refractivity contribution is 7.08. The molecule has 0 radical (unpaired) electrons. The molecule has 0 bridgehead atoms. The SMILES string of the molecule is CCNC(c1cscc1C)c1cc(F)ccc1F. The number of hydrogen-bond donors (Lipinski definition) is 1. The molecular weight excluding hydrogens is 252 g/mol. The molecule has 2 aromatic rings. The second-order valence-electron chi connectivity index (χ2n) is 4.17. The molecule has 0 fully saturated rings. The molecule has 1 heterocycles. The van der Waals surface area contributed by atoms with E-state index in [0.717, 1.165) is 17.2 Å². The van der Waals surface area contributed by atoms with Crippen molar-refractivity contribution < 1.29 is 8.78 Å². The van der Waals surface area contributed by atoms with Gasteiger partial charge in [-0.15, -0.1) is 0 Å². The van der Waals surface area contributed by atoms with Gasteiger partial charge in [0.25, 0.3) is 0 Å². The first kappa shape index (κ1) is 13.2. The molecule has 0 aliphatic carbocycles. The van der Waals surface area contributed by atoms with Crippen LogP contribution in [0.5, 0.6) is 0 Å². The number of aryl methyl sites for hydroxylation is 1. The van der Waals surface area contributed by atoms with Crippen LogP contribution in [-0.4, -0.2) is 6.54 Å². The average molecular weight is 267 g/mol. The largest absolute Gasteiger partial charge is 0.306 e. The molecule has 0 saturated carbocycles. The van der Waals surface area contributed by atoms with Crippen LogP contribution < -0.4 is 5.32 Å². The smallest absolute Gasteiger partial charge is 0.128 e. The lowest BCUT2D eigenvalue weighted by Crippen LogP contribution is -2.23. The summed E-state index contributed by atoms with van der Waals surface area (Å²) in [5, 5.41) is 7.20. The van der Waals surface area contributed by atoms with E-state index in [2.05, 4.69) is 5.32 Å². The van der Waals surface area contributed by atoms with E-state index in [1.165, 1.54) is 12.1 Å². The first-order valence-corrected chi connectivity index (χ1v) is 6.78. The minimum Gasteiger partial charge on any atom is -0.306 e. The molecule has 0 spiro atoms. The van der Waals surface area contributed by atoms with Gasteiger partial charge in [0.15, 0.2) is 0 Å². The van der Waals surface area contributed by atoms with E-state index in [1.54, 1.807) is 11.3 Å². The maximum Gasteiger partial charge on any atom is 0.128 e. The molecule has 0 saturated heterocycles. The number of thiophene rings is 1. The molecule has 1 atom stereocenters. The minimum absolute atomic E-state index is 0.294. The lowest BCUT2D eigenvalue weighted by Gasteiger charge is -2.19. The van der Waals surface area contributed by atoms with Crippen molar-refractivity contribution in [1.82, 2.24) is 5.32 Å². The van der Waals surface area contributed by atoms with Gasteiger partial charge < -0.3 is 5.32 Å². The molecule has 0 aliphatic rings. The van der Waals surface area contributed by atoms with Crippen molar-refractivity contribution in [3.63, 3.8) is 0 Å². The Morgan fingerprint density at radius 1 is 1.22 bits per heavy atom. The summed E-state index contributed by atoms with van der Waals surface area (Å²) in [5.41, 5.74) is 2.46. The van der Waals surface area contributed by atoms with Crippen LogP contribution in [0.15, 0.2) is 29.0 Å². The molecule has 96 valence electrons. The van der Waals surface area contributed by atoms with Gasteiger partial charge in [0.05, 0.1) is 6.04 Å². The maximum absolute atomic E-state index is 13.9. The fraction of sp³-hybridized carbons (Fsp3) is 0.286. The number of nitrogens with one attached hydrogen (secondary N) is 1. The van der Waals surface area contributed by atoms with E-state index in [9.17, 15) is 8.78 Å². The topological polar surface area (TPSA) is 12.0 Å². The summed E-state index contributed by atoms with van der Waals surface area (Å²) in [4.78, 5) is 0. The van der Waals surface area contributed by atoms with E-state index >= 15 is 0 Å². The van der Waals surface area contributed by atoms with Gasteiger partial charge in [0.1, 0.15) is 11.6 Å². The lowest BCUT2D eigenvalue weighted by molar-refractivity contribution is 0.544. The second kappa shape index (κ2) is 5.59. The summed E-state index contributed by atoms with van der Waals surface area (Å²) in [6.07, 6.45) is 0. The summed E-state index contributed by atoms with van der Waals surface area (Å²) in [6.45, 7) is 4.62. The lowest BCUT2D eigenvalue weighted by atomic mass is 9.98. The molecule has 4 heteroatoms. The minimum atomic E-state index is -0.415. The van der Waals surface area contributed by atoms with Crippen molar-refractivity contribution in [2.75, 3.05) is 6.54 Å². The van der Waals surface area contributed by atoms with Crippen LogP contribution in [0.1, 0.15) is 29.7 Å². The predicted octanol–water partition coefficient (Wildman–Crippen LogP) is 4.03. The van der Waals surface area contributed by atoms with Gasteiger partial charge in [-0.1, -0.05) is 6.92 Å². The van der Waals surface area contributed by atoms with Gasteiger partial charge in [0, 0.05) is 5.56 Å². The summed E-state index contributed by atoms with van der Waals surface area (Å²) >= 11 is 1.57. The Bertz CT molecular complexity index is 536. The fourth-order valence-corrected chi connectivity index (χ4v) is 2.87. The maximum atomic E-state index is 13.9. The Balaban J connectivity index is 2.48. The highest BCUT2D eigenvalue weighted by atomic mass is 32.1. The standard InChI is InChI=1S/C14H15F2NS/c1-3-17-14(12-8-18-7-9(12)2)11-6-10(15)4-5-13(11)16/h4-8,14,17H,3H2,1-2H3. The summed E-state index contributed by atoms with van der Waals surface area (Å²) in [6, 6.07) is 3.29. The van der Waals surface area contributed by atoms with Crippen molar-refractivity contribution in [3.8, 4) is 0 Å². The number of halogens is 2. The van der Waals surface area contributed by atoms with E-state index in [1.807, 2.05) is 24.6 Å². The predicted molar refractivity (Wildman–Crippen MR) is 70.9 cm³/mol. The van der Waals surface area contributed by atoms with Crippen LogP contribution in [0.4, 0.5) is 8.78 Å². The van der Waals surface area contributed by atoms with E-state index in [0.29, 0.717) is 12.1 Å². The first-order chi connectivity index (χ1) is 8.63. The van der Waals surface area contributed by atoms with Crippen molar-refractivity contribution in [2.24, 2.45) is 0 Å². The van der Waals surface area contributed by atoms with Crippen molar-refractivity contribution in [3.05, 3.63) is 57.3 Å². The van der Waals surface area contributed by atoms with Crippen LogP contribution in [0, 0.1) is 18.6 Å². The summed E-state index contributed by atoms with van der Waals surface area (Å²) < 4.78 is 27.2. The molecule has 0 amide bonds. The van der Waals surface area contributed by atoms with Crippen LogP contribution in [0.2, 0.25) is 0 Å². The second-order valence-corrected chi connectivity index (χ2v) is 4.91. The van der Waals surface area contributed by atoms with Crippen molar-refractivity contribution >= 4 is 11.3 Å². The Morgan fingerprint density at radius 2 is 2.00 bits per heavy atom. The Kier molecular flexibility index (Phi) is 4.09. The van der Waals surface area contributed by atoms with E-state index < -0.39 is 5.82 Å². The molecule has 1 N–H and O–H groups in total. The molecule has 0 aliphatic heterocycles. The number of hydrogen-bond acceptors (Lipinski definition) is 2. The van der Waals surface area contributed by atoms with Gasteiger partial charge in [0.2, 0.25) is 0 Å². The molecule has 2 rings (SSSR count). The van der Waals surface area contributed by atoms with Crippen LogP contribution in [0.25, 0.3) is 0 Å². The zero-order chi connectivity index (χ0) is 13.1. The molecule has 1 aromatic carbocycles. The Morgan fingerprint density at radius 3 is 2.61 bits per heavy atom. The van der Waals surface area contributed by atoms with Crippen LogP contribution >= 0.6 is 11.3 Å². The van der Waals surface area contributed by atoms with E-state index in [4.69, 9.17) is 0 Å². The fourth-order valence-electron chi connectivity index (χ4n) is 1.99. The summed E-state index contributed by atoms with van der Waals surface area (Å²) in [5.74, 6) is -0.796. The van der Waals surface area contributed by atoms with Gasteiger partial charge >= 0.3 is 0 Å². The third kappa shape index (κ3) is 2.60. The molecule has 1 nitrogen and oxygen atoms in total. The Labute approximate surface area is 109 Å². The normalized spacial score (nSPS) is 12.7. The van der Waals surface area contributed by atoms with Gasteiger partial charge in [-0.3, -0.25) is 0 Å². The quantitative estimate of drug-likeness (QED) is 0.881. The van der Waals surface area contributed by atoms with Gasteiger partial charge in [-0.2, -0.15) is 11.3 Å². The van der Waals surface area contributed by atoms with Crippen molar-refractivity contribution in [1.29, 1.82) is 0 Å². The number of benzene rings is 1. The third-order valence-electron chi connectivity index (χ3n) is 2.88. The van der Waals surface area contributed by atoms with Crippen LogP contribution in [-0.2, 0) is 0 Å². The monoisotopic (exact) mass is 267 g/mol. The van der Waals surface area contributed by atoms with Gasteiger partial charge in [-0.25, -0.2) is 8.78 Å². The van der Waals surface area contributed by atoms with E-state index in [-0.39, 0.29) is 11.9 Å². The van der Waals surface area contributed by atoms with Crippen LogP contribution in [0.3, 0.4) is 0 Å². The number of rotatable bonds is 4. The first-order valence-electron chi connectivity index (χ1n) is 5.84. The highest BCUT2D eigenvalue weighted by Gasteiger charge is 2.19. The third-order valence-corrected chi connectivity index (χ3v) is 3.76. The van der Waals surface area contributed by atoms with Crippen molar-refractivity contribution in [2.45, 2.75) is 19.9 Å².